The molecule has 0 saturated heterocycles. The Morgan fingerprint density at radius 2 is 2.25 bits per heavy atom. The van der Waals surface area contributed by atoms with Gasteiger partial charge in [0.15, 0.2) is 0 Å². The van der Waals surface area contributed by atoms with Crippen LogP contribution in [0.2, 0.25) is 0 Å². The first-order valence-corrected chi connectivity index (χ1v) is 4.95. The average molecular weight is 221 g/mol. The van der Waals surface area contributed by atoms with E-state index in [2.05, 4.69) is 0 Å². The van der Waals surface area contributed by atoms with Gasteiger partial charge in [-0.2, -0.15) is 0 Å². The van der Waals surface area contributed by atoms with E-state index in [0.29, 0.717) is 18.0 Å². The molecular formula is C12H15NO3. The minimum absolute atomic E-state index is 0.363. The van der Waals surface area contributed by atoms with Gasteiger partial charge in [-0.15, -0.1) is 0 Å². The molecule has 86 valence electrons. The van der Waals surface area contributed by atoms with E-state index in [0.717, 1.165) is 5.56 Å². The molecule has 0 amide bonds. The summed E-state index contributed by atoms with van der Waals surface area (Å²) in [6.07, 6.45) is 2.99. The molecule has 0 heterocycles. The van der Waals surface area contributed by atoms with Crippen LogP contribution in [0.5, 0.6) is 5.75 Å². The standard InChI is InChI=1S/C12H15NO3/c1-3-16-12(14)7-5-9-4-6-10(13)8-11(9)15-2/h4-8H,3,13H2,1-2H3/b7-5+. The maximum Gasteiger partial charge on any atom is 0.330 e. The van der Waals surface area contributed by atoms with Crippen LogP contribution in [0, 0.1) is 0 Å². The Bertz CT molecular complexity index is 399. The second-order valence-electron chi connectivity index (χ2n) is 3.09. The van der Waals surface area contributed by atoms with Crippen molar-refractivity contribution in [3.05, 3.63) is 29.8 Å². The Balaban J connectivity index is 2.84. The van der Waals surface area contributed by atoms with Gasteiger partial charge < -0.3 is 15.2 Å². The number of carbonyl (C=O) groups excluding carboxylic acids is 1. The zero-order valence-electron chi connectivity index (χ0n) is 9.40. The van der Waals surface area contributed by atoms with E-state index in [1.807, 2.05) is 0 Å². The molecule has 4 heteroatoms. The van der Waals surface area contributed by atoms with Crippen molar-refractivity contribution in [2.75, 3.05) is 19.5 Å². The number of carbonyl (C=O) groups is 1. The molecule has 2 N–H and O–H groups in total. The number of methoxy groups -OCH3 is 1. The lowest BCUT2D eigenvalue weighted by atomic mass is 10.1. The highest BCUT2D eigenvalue weighted by Crippen LogP contribution is 2.22. The molecular weight excluding hydrogens is 206 g/mol. The second-order valence-corrected chi connectivity index (χ2v) is 3.09. The number of nitrogens with two attached hydrogens (primary N) is 1. The molecule has 1 rings (SSSR count). The number of benzene rings is 1. The van der Waals surface area contributed by atoms with Gasteiger partial charge in [0.1, 0.15) is 5.75 Å². The smallest absolute Gasteiger partial charge is 0.330 e. The molecule has 0 aliphatic heterocycles. The summed E-state index contributed by atoms with van der Waals surface area (Å²) in [5.74, 6) is 0.252. The van der Waals surface area contributed by atoms with Gasteiger partial charge in [-0.05, 0) is 25.1 Å². The van der Waals surface area contributed by atoms with Crippen LogP contribution in [-0.2, 0) is 9.53 Å². The highest BCUT2D eigenvalue weighted by Gasteiger charge is 2.01. The maximum atomic E-state index is 11.1. The van der Waals surface area contributed by atoms with Crippen molar-refractivity contribution in [2.24, 2.45) is 0 Å². The molecule has 1 aromatic rings. The number of anilines is 1. The molecule has 0 saturated carbocycles. The van der Waals surface area contributed by atoms with Gasteiger partial charge in [-0.1, -0.05) is 0 Å². The molecule has 0 aliphatic rings. The highest BCUT2D eigenvalue weighted by atomic mass is 16.5. The lowest BCUT2D eigenvalue weighted by Gasteiger charge is -2.05. The van der Waals surface area contributed by atoms with E-state index in [1.165, 1.54) is 6.08 Å². The van der Waals surface area contributed by atoms with Gasteiger partial charge in [0, 0.05) is 23.4 Å². The average Bonchev–Trinajstić information content (AvgIpc) is 2.27. The SMILES string of the molecule is CCOC(=O)/C=C/c1ccc(N)cc1OC. The van der Waals surface area contributed by atoms with Gasteiger partial charge in [-0.3, -0.25) is 0 Å². The second kappa shape index (κ2) is 5.80. The summed E-state index contributed by atoms with van der Waals surface area (Å²) in [5.41, 5.74) is 7.01. The fraction of sp³-hybridized carbons (Fsp3) is 0.250. The van der Waals surface area contributed by atoms with Gasteiger partial charge in [0.25, 0.3) is 0 Å². The lowest BCUT2D eigenvalue weighted by molar-refractivity contribution is -0.137. The third-order valence-corrected chi connectivity index (χ3v) is 1.94. The Morgan fingerprint density at radius 3 is 2.88 bits per heavy atom. The van der Waals surface area contributed by atoms with Crippen LogP contribution < -0.4 is 10.5 Å². The van der Waals surface area contributed by atoms with E-state index in [4.69, 9.17) is 15.2 Å². The van der Waals surface area contributed by atoms with E-state index in [9.17, 15) is 4.79 Å². The zero-order chi connectivity index (χ0) is 12.0. The number of rotatable bonds is 4. The molecule has 0 aromatic heterocycles. The zero-order valence-corrected chi connectivity index (χ0v) is 9.40. The third kappa shape index (κ3) is 3.31. The molecule has 4 nitrogen and oxygen atoms in total. The number of nitrogen functional groups attached to an aromatic ring is 1. The van der Waals surface area contributed by atoms with Crippen molar-refractivity contribution in [3.8, 4) is 5.75 Å². The normalized spacial score (nSPS) is 10.4. The predicted octanol–water partition coefficient (Wildman–Crippen LogP) is 1.85. The van der Waals surface area contributed by atoms with Gasteiger partial charge >= 0.3 is 5.97 Å². The Kier molecular flexibility index (Phi) is 4.39. The first kappa shape index (κ1) is 12.1. The monoisotopic (exact) mass is 221 g/mol. The van der Waals surface area contributed by atoms with Crippen LogP contribution in [0.15, 0.2) is 24.3 Å². The minimum atomic E-state index is -0.374. The van der Waals surface area contributed by atoms with Gasteiger partial charge in [-0.25, -0.2) is 4.79 Å². The summed E-state index contributed by atoms with van der Waals surface area (Å²) < 4.78 is 9.90. The largest absolute Gasteiger partial charge is 0.496 e. The third-order valence-electron chi connectivity index (χ3n) is 1.94. The minimum Gasteiger partial charge on any atom is -0.496 e. The number of esters is 1. The number of ether oxygens (including phenoxy) is 2. The van der Waals surface area contributed by atoms with E-state index in [1.54, 1.807) is 38.3 Å². The van der Waals surface area contributed by atoms with E-state index in [-0.39, 0.29) is 5.97 Å². The van der Waals surface area contributed by atoms with Crippen LogP contribution in [-0.4, -0.2) is 19.7 Å². The first-order chi connectivity index (χ1) is 7.67. The Morgan fingerprint density at radius 1 is 1.50 bits per heavy atom. The topological polar surface area (TPSA) is 61.5 Å². The summed E-state index contributed by atoms with van der Waals surface area (Å²) in [7, 11) is 1.55. The molecule has 0 bridgehead atoms. The molecule has 0 spiro atoms. The van der Waals surface area contributed by atoms with Crippen molar-refractivity contribution in [2.45, 2.75) is 6.92 Å². The Labute approximate surface area is 94.7 Å². The van der Waals surface area contributed by atoms with Crippen molar-refractivity contribution in [1.82, 2.24) is 0 Å². The van der Waals surface area contributed by atoms with Crippen molar-refractivity contribution in [1.29, 1.82) is 0 Å². The molecule has 0 radical (unpaired) electrons. The molecule has 1 aromatic carbocycles. The van der Waals surface area contributed by atoms with Gasteiger partial charge in [0.2, 0.25) is 0 Å². The molecule has 0 fully saturated rings. The van der Waals surface area contributed by atoms with E-state index < -0.39 is 0 Å². The quantitative estimate of drug-likeness (QED) is 0.479. The molecule has 16 heavy (non-hydrogen) atoms. The van der Waals surface area contributed by atoms with Crippen LogP contribution in [0.1, 0.15) is 12.5 Å². The lowest BCUT2D eigenvalue weighted by Crippen LogP contribution is -1.99. The summed E-state index contributed by atoms with van der Waals surface area (Å²) in [6.45, 7) is 2.12. The van der Waals surface area contributed by atoms with Crippen molar-refractivity contribution >= 4 is 17.7 Å². The summed E-state index contributed by atoms with van der Waals surface area (Å²) in [4.78, 5) is 11.1. The predicted molar refractivity (Wildman–Crippen MR) is 63.1 cm³/mol. The Hall–Kier alpha value is -1.97. The van der Waals surface area contributed by atoms with Crippen molar-refractivity contribution in [3.63, 3.8) is 0 Å². The fourth-order valence-corrected chi connectivity index (χ4v) is 1.21. The first-order valence-electron chi connectivity index (χ1n) is 4.95. The van der Waals surface area contributed by atoms with Crippen LogP contribution in [0.3, 0.4) is 0 Å². The summed E-state index contributed by atoms with van der Waals surface area (Å²) in [5, 5.41) is 0. The van der Waals surface area contributed by atoms with E-state index >= 15 is 0 Å². The number of hydrogen-bond donors (Lipinski definition) is 1. The highest BCUT2D eigenvalue weighted by molar-refractivity contribution is 5.87. The maximum absolute atomic E-state index is 11.1. The summed E-state index contributed by atoms with van der Waals surface area (Å²) >= 11 is 0. The van der Waals surface area contributed by atoms with Crippen LogP contribution in [0.4, 0.5) is 5.69 Å². The molecule has 0 aliphatic carbocycles. The fourth-order valence-electron chi connectivity index (χ4n) is 1.21. The van der Waals surface area contributed by atoms with Crippen LogP contribution >= 0.6 is 0 Å². The van der Waals surface area contributed by atoms with Crippen LogP contribution in [0.25, 0.3) is 6.08 Å². The van der Waals surface area contributed by atoms with Crippen molar-refractivity contribution < 1.29 is 14.3 Å². The summed E-state index contributed by atoms with van der Waals surface area (Å²) in [6, 6.07) is 5.22. The van der Waals surface area contributed by atoms with Gasteiger partial charge in [0.05, 0.1) is 13.7 Å². The molecule has 0 atom stereocenters. The number of hydrogen-bond acceptors (Lipinski definition) is 4. The molecule has 0 unspecified atom stereocenters.